The molecule has 0 amide bonds. The van der Waals surface area contributed by atoms with Gasteiger partial charge in [-0.1, -0.05) is 59.8 Å². The fraction of sp³-hybridized carbons (Fsp3) is 1.00. The van der Waals surface area contributed by atoms with E-state index in [1.807, 2.05) is 0 Å². The minimum Gasteiger partial charge on any atom is -0.390 e. The predicted molar refractivity (Wildman–Crippen MR) is 68.1 cm³/mol. The Morgan fingerprint density at radius 1 is 0.933 bits per heavy atom. The van der Waals surface area contributed by atoms with Gasteiger partial charge in [-0.25, -0.2) is 0 Å². The van der Waals surface area contributed by atoms with Crippen molar-refractivity contribution in [2.24, 2.45) is 5.92 Å². The molecule has 1 heteroatoms. The van der Waals surface area contributed by atoms with Crippen LogP contribution in [0.15, 0.2) is 0 Å². The molecule has 15 heavy (non-hydrogen) atoms. The Bertz CT molecular complexity index is 136. The molecule has 1 nitrogen and oxygen atoms in total. The maximum Gasteiger partial charge on any atom is 0.0675 e. The zero-order chi connectivity index (χ0) is 11.7. The second-order valence-corrected chi connectivity index (χ2v) is 4.85. The Kier molecular flexibility index (Phi) is 8.13. The summed E-state index contributed by atoms with van der Waals surface area (Å²) < 4.78 is 0. The van der Waals surface area contributed by atoms with Crippen LogP contribution in [0.5, 0.6) is 0 Å². The maximum atomic E-state index is 10.7. The van der Waals surface area contributed by atoms with Crippen molar-refractivity contribution in [3.63, 3.8) is 0 Å². The summed E-state index contributed by atoms with van der Waals surface area (Å²) >= 11 is 0. The zero-order valence-electron chi connectivity index (χ0n) is 11.2. The van der Waals surface area contributed by atoms with Crippen molar-refractivity contribution in [2.45, 2.75) is 84.7 Å². The summed E-state index contributed by atoms with van der Waals surface area (Å²) in [6, 6.07) is 0. The molecule has 1 unspecified atom stereocenters. The lowest BCUT2D eigenvalue weighted by Gasteiger charge is -2.36. The predicted octanol–water partition coefficient (Wildman–Crippen LogP) is 4.53. The summed E-state index contributed by atoms with van der Waals surface area (Å²) in [6.07, 6.45) is 8.96. The molecule has 0 rings (SSSR count). The van der Waals surface area contributed by atoms with E-state index in [4.69, 9.17) is 0 Å². The maximum absolute atomic E-state index is 10.7. The van der Waals surface area contributed by atoms with Crippen LogP contribution in [0.2, 0.25) is 0 Å². The van der Waals surface area contributed by atoms with Crippen LogP contribution in [0.25, 0.3) is 0 Å². The van der Waals surface area contributed by atoms with Gasteiger partial charge in [0.15, 0.2) is 0 Å². The van der Waals surface area contributed by atoms with Gasteiger partial charge in [0, 0.05) is 0 Å². The van der Waals surface area contributed by atoms with Crippen molar-refractivity contribution < 1.29 is 5.11 Å². The smallest absolute Gasteiger partial charge is 0.0675 e. The van der Waals surface area contributed by atoms with E-state index in [1.165, 1.54) is 19.3 Å². The van der Waals surface area contributed by atoms with Crippen molar-refractivity contribution in [3.8, 4) is 0 Å². The SMILES string of the molecule is CCCCC(CC)C(O)(CCC)CCC. The van der Waals surface area contributed by atoms with Crippen LogP contribution in [-0.4, -0.2) is 10.7 Å². The molecule has 0 aliphatic carbocycles. The second-order valence-electron chi connectivity index (χ2n) is 4.85. The molecule has 0 aliphatic rings. The van der Waals surface area contributed by atoms with Gasteiger partial charge in [0.05, 0.1) is 5.60 Å². The Hall–Kier alpha value is -0.0400. The van der Waals surface area contributed by atoms with E-state index in [9.17, 15) is 5.11 Å². The molecule has 1 atom stereocenters. The molecule has 1 N–H and O–H groups in total. The van der Waals surface area contributed by atoms with Crippen molar-refractivity contribution in [1.82, 2.24) is 0 Å². The quantitative estimate of drug-likeness (QED) is 0.597. The fourth-order valence-electron chi connectivity index (χ4n) is 2.70. The number of hydrogen-bond donors (Lipinski definition) is 1. The van der Waals surface area contributed by atoms with E-state index in [2.05, 4.69) is 27.7 Å². The van der Waals surface area contributed by atoms with Crippen LogP contribution in [-0.2, 0) is 0 Å². The van der Waals surface area contributed by atoms with Crippen molar-refractivity contribution in [2.75, 3.05) is 0 Å². The highest BCUT2D eigenvalue weighted by atomic mass is 16.3. The van der Waals surface area contributed by atoms with Gasteiger partial charge in [0.2, 0.25) is 0 Å². The molecule has 92 valence electrons. The van der Waals surface area contributed by atoms with E-state index in [1.54, 1.807) is 0 Å². The third kappa shape index (κ3) is 5.01. The normalized spacial score (nSPS) is 14.2. The Balaban J connectivity index is 4.37. The van der Waals surface area contributed by atoms with Crippen LogP contribution in [0.3, 0.4) is 0 Å². The zero-order valence-corrected chi connectivity index (χ0v) is 11.2. The fourth-order valence-corrected chi connectivity index (χ4v) is 2.70. The summed E-state index contributed by atoms with van der Waals surface area (Å²) in [5.74, 6) is 0.511. The molecule has 0 saturated carbocycles. The van der Waals surface area contributed by atoms with E-state index in [-0.39, 0.29) is 5.60 Å². The molecule has 0 bridgehead atoms. The van der Waals surface area contributed by atoms with Crippen LogP contribution >= 0.6 is 0 Å². The van der Waals surface area contributed by atoms with Crippen LogP contribution < -0.4 is 0 Å². The molecule has 0 radical (unpaired) electrons. The van der Waals surface area contributed by atoms with Gasteiger partial charge in [-0.15, -0.1) is 0 Å². The number of unbranched alkanes of at least 4 members (excludes halogenated alkanes) is 1. The van der Waals surface area contributed by atoms with E-state index in [0.29, 0.717) is 5.92 Å². The van der Waals surface area contributed by atoms with Crippen molar-refractivity contribution >= 4 is 0 Å². The van der Waals surface area contributed by atoms with Crippen LogP contribution in [0.1, 0.15) is 79.1 Å². The van der Waals surface area contributed by atoms with Gasteiger partial charge in [-0.05, 0) is 25.2 Å². The molecule has 0 spiro atoms. The molecule has 0 aliphatic heterocycles. The van der Waals surface area contributed by atoms with E-state index >= 15 is 0 Å². The molecule has 0 aromatic heterocycles. The number of aliphatic hydroxyl groups is 1. The van der Waals surface area contributed by atoms with Gasteiger partial charge in [0.1, 0.15) is 0 Å². The Morgan fingerprint density at radius 2 is 1.47 bits per heavy atom. The van der Waals surface area contributed by atoms with Gasteiger partial charge >= 0.3 is 0 Å². The third-order valence-electron chi connectivity index (χ3n) is 3.52. The molecule has 0 saturated heterocycles. The summed E-state index contributed by atoms with van der Waals surface area (Å²) in [5.41, 5.74) is -0.382. The molecule has 0 fully saturated rings. The highest BCUT2D eigenvalue weighted by Crippen LogP contribution is 2.34. The topological polar surface area (TPSA) is 20.2 Å². The first-order chi connectivity index (χ1) is 7.14. The van der Waals surface area contributed by atoms with Crippen molar-refractivity contribution in [1.29, 1.82) is 0 Å². The van der Waals surface area contributed by atoms with Crippen LogP contribution in [0.4, 0.5) is 0 Å². The van der Waals surface area contributed by atoms with Gasteiger partial charge in [-0.2, -0.15) is 0 Å². The lowest BCUT2D eigenvalue weighted by molar-refractivity contribution is -0.0403. The summed E-state index contributed by atoms with van der Waals surface area (Å²) in [5, 5.41) is 10.7. The van der Waals surface area contributed by atoms with E-state index in [0.717, 1.165) is 32.1 Å². The Labute approximate surface area is 96.3 Å². The number of rotatable bonds is 9. The third-order valence-corrected chi connectivity index (χ3v) is 3.52. The lowest BCUT2D eigenvalue weighted by atomic mass is 9.76. The summed E-state index contributed by atoms with van der Waals surface area (Å²) in [4.78, 5) is 0. The first-order valence-corrected chi connectivity index (χ1v) is 6.86. The summed E-state index contributed by atoms with van der Waals surface area (Å²) in [6.45, 7) is 8.79. The molecule has 0 aromatic rings. The average molecular weight is 214 g/mol. The molecular formula is C14H30O. The minimum atomic E-state index is -0.382. The molecule has 0 aromatic carbocycles. The Morgan fingerprint density at radius 3 is 1.80 bits per heavy atom. The molecule has 0 heterocycles. The highest BCUT2D eigenvalue weighted by Gasteiger charge is 2.32. The monoisotopic (exact) mass is 214 g/mol. The van der Waals surface area contributed by atoms with Gasteiger partial charge < -0.3 is 5.11 Å². The molecular weight excluding hydrogens is 184 g/mol. The van der Waals surface area contributed by atoms with Crippen molar-refractivity contribution in [3.05, 3.63) is 0 Å². The first-order valence-electron chi connectivity index (χ1n) is 6.86. The largest absolute Gasteiger partial charge is 0.390 e. The average Bonchev–Trinajstić information content (AvgIpc) is 2.19. The van der Waals surface area contributed by atoms with Gasteiger partial charge in [-0.3, -0.25) is 0 Å². The highest BCUT2D eigenvalue weighted by molar-refractivity contribution is 4.85. The number of hydrogen-bond acceptors (Lipinski definition) is 1. The second kappa shape index (κ2) is 8.15. The standard InChI is InChI=1S/C14H30O/c1-5-9-10-13(8-4)14(15,11-6-2)12-7-3/h13,15H,5-12H2,1-4H3. The lowest BCUT2D eigenvalue weighted by Crippen LogP contribution is -2.37. The summed E-state index contributed by atoms with van der Waals surface area (Å²) in [7, 11) is 0. The minimum absolute atomic E-state index is 0.382. The van der Waals surface area contributed by atoms with E-state index < -0.39 is 0 Å². The first kappa shape index (κ1) is 15.0. The van der Waals surface area contributed by atoms with Gasteiger partial charge in [0.25, 0.3) is 0 Å². The van der Waals surface area contributed by atoms with Crippen LogP contribution in [0, 0.1) is 5.92 Å².